The highest BCUT2D eigenvalue weighted by molar-refractivity contribution is 7.14. The number of thiazole rings is 1. The summed E-state index contributed by atoms with van der Waals surface area (Å²) in [5.74, 6) is 0.114. The molecule has 3 nitrogen and oxygen atoms in total. The fourth-order valence-electron chi connectivity index (χ4n) is 2.36. The molecule has 1 amide bonds. The van der Waals surface area contributed by atoms with Crippen LogP contribution in [-0.4, -0.2) is 28.9 Å². The number of hydrogen-bond acceptors (Lipinski definition) is 3. The van der Waals surface area contributed by atoms with E-state index in [0.717, 1.165) is 47.1 Å². The lowest BCUT2D eigenvalue weighted by Crippen LogP contribution is -2.32. The minimum absolute atomic E-state index is 0.114. The zero-order valence-corrected chi connectivity index (χ0v) is 13.7. The molecule has 0 spiro atoms. The van der Waals surface area contributed by atoms with Gasteiger partial charge in [0.1, 0.15) is 4.88 Å². The second kappa shape index (κ2) is 7.36. The summed E-state index contributed by atoms with van der Waals surface area (Å²) in [5, 5.41) is 0.935. The molecule has 0 aliphatic rings. The molecule has 1 heterocycles. The molecule has 0 radical (unpaired) electrons. The van der Waals surface area contributed by atoms with Crippen LogP contribution in [0.15, 0.2) is 30.3 Å². The van der Waals surface area contributed by atoms with Crippen LogP contribution in [0.2, 0.25) is 0 Å². The highest BCUT2D eigenvalue weighted by atomic mass is 32.1. The van der Waals surface area contributed by atoms with E-state index in [-0.39, 0.29) is 5.91 Å². The van der Waals surface area contributed by atoms with Crippen molar-refractivity contribution in [1.82, 2.24) is 9.88 Å². The van der Waals surface area contributed by atoms with Crippen LogP contribution >= 0.6 is 11.3 Å². The Morgan fingerprint density at radius 2 is 1.76 bits per heavy atom. The van der Waals surface area contributed by atoms with E-state index >= 15 is 0 Å². The highest BCUT2D eigenvalue weighted by Gasteiger charge is 2.22. The van der Waals surface area contributed by atoms with E-state index < -0.39 is 0 Å². The van der Waals surface area contributed by atoms with Gasteiger partial charge in [0.25, 0.3) is 5.91 Å². The van der Waals surface area contributed by atoms with E-state index in [2.05, 4.69) is 18.8 Å². The minimum atomic E-state index is 0.114. The smallest absolute Gasteiger partial charge is 0.266 e. The molecule has 112 valence electrons. The Kier molecular flexibility index (Phi) is 5.51. The van der Waals surface area contributed by atoms with Gasteiger partial charge in [-0.1, -0.05) is 44.2 Å². The average molecular weight is 302 g/mol. The van der Waals surface area contributed by atoms with Crippen molar-refractivity contribution in [2.75, 3.05) is 13.1 Å². The summed E-state index contributed by atoms with van der Waals surface area (Å²) < 4.78 is 0. The molecule has 0 aliphatic carbocycles. The number of carbonyl (C=O) groups is 1. The lowest BCUT2D eigenvalue weighted by Gasteiger charge is -2.21. The van der Waals surface area contributed by atoms with Crippen LogP contribution in [0, 0.1) is 6.92 Å². The molecule has 21 heavy (non-hydrogen) atoms. The Hall–Kier alpha value is -1.68. The van der Waals surface area contributed by atoms with Gasteiger partial charge in [0.15, 0.2) is 0 Å². The molecule has 0 bridgehead atoms. The van der Waals surface area contributed by atoms with Crippen LogP contribution in [-0.2, 0) is 0 Å². The van der Waals surface area contributed by atoms with Gasteiger partial charge in [-0.2, -0.15) is 0 Å². The predicted octanol–water partition coefficient (Wildman–Crippen LogP) is 4.38. The molecule has 0 saturated heterocycles. The fraction of sp³-hybridized carbons (Fsp3) is 0.412. The number of aromatic nitrogens is 1. The van der Waals surface area contributed by atoms with Crippen molar-refractivity contribution in [2.45, 2.75) is 33.6 Å². The second-order valence-electron chi connectivity index (χ2n) is 5.07. The number of hydrogen-bond donors (Lipinski definition) is 0. The normalized spacial score (nSPS) is 10.6. The molecule has 2 rings (SSSR count). The zero-order valence-electron chi connectivity index (χ0n) is 12.9. The first-order chi connectivity index (χ1) is 10.2. The molecule has 1 aromatic carbocycles. The molecule has 0 aliphatic heterocycles. The standard InChI is InChI=1S/C17H22N2OS/c1-4-11-19(12-5-2)17(20)16-15(18-13(3)21-16)14-9-7-6-8-10-14/h6-10H,4-5,11-12H2,1-3H3. The van der Waals surface area contributed by atoms with Crippen LogP contribution in [0.1, 0.15) is 41.4 Å². The van der Waals surface area contributed by atoms with Crippen LogP contribution in [0.5, 0.6) is 0 Å². The van der Waals surface area contributed by atoms with Crippen molar-refractivity contribution in [3.05, 3.63) is 40.2 Å². The van der Waals surface area contributed by atoms with Gasteiger partial charge in [-0.15, -0.1) is 11.3 Å². The Balaban J connectivity index is 2.37. The van der Waals surface area contributed by atoms with Gasteiger partial charge in [0, 0.05) is 18.7 Å². The van der Waals surface area contributed by atoms with Gasteiger partial charge < -0.3 is 4.90 Å². The van der Waals surface area contributed by atoms with Crippen molar-refractivity contribution in [1.29, 1.82) is 0 Å². The molecule has 2 aromatic rings. The van der Waals surface area contributed by atoms with Gasteiger partial charge in [-0.25, -0.2) is 4.98 Å². The van der Waals surface area contributed by atoms with Gasteiger partial charge in [-0.3, -0.25) is 4.79 Å². The van der Waals surface area contributed by atoms with E-state index in [4.69, 9.17) is 0 Å². The van der Waals surface area contributed by atoms with E-state index in [1.165, 1.54) is 11.3 Å². The molecular formula is C17H22N2OS. The van der Waals surface area contributed by atoms with Crippen LogP contribution in [0.25, 0.3) is 11.3 Å². The summed E-state index contributed by atoms with van der Waals surface area (Å²) >= 11 is 1.50. The summed E-state index contributed by atoms with van der Waals surface area (Å²) in [7, 11) is 0. The highest BCUT2D eigenvalue weighted by Crippen LogP contribution is 2.29. The lowest BCUT2D eigenvalue weighted by atomic mass is 10.1. The third-order valence-electron chi connectivity index (χ3n) is 3.25. The van der Waals surface area contributed by atoms with Gasteiger partial charge >= 0.3 is 0 Å². The number of nitrogens with zero attached hydrogens (tertiary/aromatic N) is 2. The van der Waals surface area contributed by atoms with Gasteiger partial charge in [0.2, 0.25) is 0 Å². The number of aryl methyl sites for hydroxylation is 1. The molecule has 0 fully saturated rings. The predicted molar refractivity (Wildman–Crippen MR) is 88.8 cm³/mol. The number of carbonyl (C=O) groups excluding carboxylic acids is 1. The zero-order chi connectivity index (χ0) is 15.2. The maximum Gasteiger partial charge on any atom is 0.266 e. The van der Waals surface area contributed by atoms with Crippen LogP contribution in [0.4, 0.5) is 0 Å². The van der Waals surface area contributed by atoms with Gasteiger partial charge in [-0.05, 0) is 19.8 Å². The van der Waals surface area contributed by atoms with Crippen molar-refractivity contribution in [3.8, 4) is 11.3 Å². The third kappa shape index (κ3) is 3.70. The monoisotopic (exact) mass is 302 g/mol. The number of amides is 1. The maximum absolute atomic E-state index is 12.8. The van der Waals surface area contributed by atoms with Gasteiger partial charge in [0.05, 0.1) is 10.7 Å². The second-order valence-corrected chi connectivity index (χ2v) is 6.27. The van der Waals surface area contributed by atoms with Crippen molar-refractivity contribution in [2.24, 2.45) is 0 Å². The van der Waals surface area contributed by atoms with E-state index in [1.807, 2.05) is 42.2 Å². The van der Waals surface area contributed by atoms with Crippen LogP contribution in [0.3, 0.4) is 0 Å². The molecule has 0 unspecified atom stereocenters. The molecule has 0 N–H and O–H groups in total. The van der Waals surface area contributed by atoms with E-state index in [1.54, 1.807) is 0 Å². The van der Waals surface area contributed by atoms with Crippen molar-refractivity contribution >= 4 is 17.2 Å². The quantitative estimate of drug-likeness (QED) is 0.793. The summed E-state index contributed by atoms with van der Waals surface area (Å²) in [6, 6.07) is 9.96. The Bertz CT molecular complexity index is 586. The maximum atomic E-state index is 12.8. The first kappa shape index (κ1) is 15.7. The summed E-state index contributed by atoms with van der Waals surface area (Å²) in [6.07, 6.45) is 1.95. The first-order valence-corrected chi connectivity index (χ1v) is 8.31. The Morgan fingerprint density at radius 1 is 1.14 bits per heavy atom. The molecule has 0 atom stereocenters. The largest absolute Gasteiger partial charge is 0.338 e. The first-order valence-electron chi connectivity index (χ1n) is 7.49. The SMILES string of the molecule is CCCN(CCC)C(=O)c1sc(C)nc1-c1ccccc1. The summed E-state index contributed by atoms with van der Waals surface area (Å²) in [6.45, 7) is 7.77. The minimum Gasteiger partial charge on any atom is -0.338 e. The Labute approximate surface area is 130 Å². The third-order valence-corrected chi connectivity index (χ3v) is 4.21. The Morgan fingerprint density at radius 3 is 2.33 bits per heavy atom. The molecular weight excluding hydrogens is 280 g/mol. The average Bonchev–Trinajstić information content (AvgIpc) is 2.89. The van der Waals surface area contributed by atoms with Crippen molar-refractivity contribution < 1.29 is 4.79 Å². The summed E-state index contributed by atoms with van der Waals surface area (Å²) in [4.78, 5) is 20.1. The molecule has 1 aromatic heterocycles. The molecule has 0 saturated carbocycles. The fourth-order valence-corrected chi connectivity index (χ4v) is 3.27. The van der Waals surface area contributed by atoms with Crippen LogP contribution < -0.4 is 0 Å². The lowest BCUT2D eigenvalue weighted by molar-refractivity contribution is 0.0761. The number of benzene rings is 1. The summed E-state index contributed by atoms with van der Waals surface area (Å²) in [5.41, 5.74) is 1.83. The van der Waals surface area contributed by atoms with E-state index in [0.29, 0.717) is 0 Å². The topological polar surface area (TPSA) is 33.2 Å². The van der Waals surface area contributed by atoms with Crippen molar-refractivity contribution in [3.63, 3.8) is 0 Å². The van der Waals surface area contributed by atoms with E-state index in [9.17, 15) is 4.79 Å². The number of rotatable bonds is 6. The molecule has 4 heteroatoms.